The lowest BCUT2D eigenvalue weighted by atomic mass is 10.1. The topological polar surface area (TPSA) is 63.6 Å². The number of unbranched alkanes of at least 4 members (excludes halogenated alkanes) is 1. The molecule has 0 spiro atoms. The van der Waals surface area contributed by atoms with Crippen LogP contribution in [0.1, 0.15) is 47.7 Å². The van der Waals surface area contributed by atoms with Gasteiger partial charge in [0.25, 0.3) is 0 Å². The van der Waals surface area contributed by atoms with Gasteiger partial charge in [-0.3, -0.25) is 4.79 Å². The highest BCUT2D eigenvalue weighted by molar-refractivity contribution is 6.43. The molecule has 9 heteroatoms. The third kappa shape index (κ3) is 6.74. The second-order valence-electron chi connectivity index (χ2n) is 6.64. The van der Waals surface area contributed by atoms with Crippen molar-refractivity contribution in [2.45, 2.75) is 38.5 Å². The van der Waals surface area contributed by atoms with Crippen molar-refractivity contribution >= 4 is 41.0 Å². The molecule has 1 atom stereocenters. The van der Waals surface area contributed by atoms with Crippen molar-refractivity contribution in [3.63, 3.8) is 0 Å². The molecule has 0 aliphatic carbocycles. The van der Waals surface area contributed by atoms with Crippen LogP contribution in [0.4, 0.5) is 13.2 Å². The van der Waals surface area contributed by atoms with E-state index in [0.717, 1.165) is 36.8 Å². The second-order valence-corrected chi connectivity index (χ2v) is 7.40. The van der Waals surface area contributed by atoms with Crippen LogP contribution in [0.25, 0.3) is 6.08 Å². The number of hydrogen-bond donors (Lipinski definition) is 1. The molecule has 1 unspecified atom stereocenters. The number of ketones is 1. The number of aliphatic carboxylic acids is 1. The lowest BCUT2D eigenvalue weighted by Gasteiger charge is -2.17. The van der Waals surface area contributed by atoms with E-state index < -0.39 is 29.6 Å². The molecule has 0 amide bonds. The first-order valence-electron chi connectivity index (χ1n) is 9.31. The van der Waals surface area contributed by atoms with E-state index in [2.05, 4.69) is 0 Å². The van der Waals surface area contributed by atoms with E-state index in [9.17, 15) is 27.9 Å². The third-order valence-corrected chi connectivity index (χ3v) is 5.23. The Bertz CT molecular complexity index is 970. The van der Waals surface area contributed by atoms with Crippen LogP contribution >= 0.6 is 23.2 Å². The highest BCUT2D eigenvalue weighted by atomic mass is 35.5. The normalized spacial score (nSPS) is 12.7. The largest absolute Gasteiger partial charge is 0.479 e. The molecule has 1 N–H and O–H groups in total. The Hall–Kier alpha value is -2.51. The van der Waals surface area contributed by atoms with Gasteiger partial charge in [0.1, 0.15) is 10.8 Å². The number of hydrogen-bond acceptors (Lipinski definition) is 3. The standard InChI is InChI=1S/C22H19Cl2F3O4/c1-2-3-4-18(21(29)30)31-17-12-8-14(19(23)20(17)24)7-11-16(28)13-5-9-15(10-6-13)22(25,26)27/h5-12,18H,2-4H2,1H3,(H,29,30). The SMILES string of the molecule is CCCCC(Oc1ccc(C=CC(=O)c2ccc(C(F)(F)F)cc2)c(Cl)c1Cl)C(=O)O. The van der Waals surface area contributed by atoms with Crippen LogP contribution in [0.2, 0.25) is 10.0 Å². The van der Waals surface area contributed by atoms with Gasteiger partial charge in [0, 0.05) is 5.56 Å². The zero-order valence-electron chi connectivity index (χ0n) is 16.4. The molecule has 31 heavy (non-hydrogen) atoms. The monoisotopic (exact) mass is 474 g/mol. The Morgan fingerprint density at radius 2 is 1.74 bits per heavy atom. The Labute approximate surface area is 187 Å². The summed E-state index contributed by atoms with van der Waals surface area (Å²) in [4.78, 5) is 23.6. The molecule has 0 saturated heterocycles. The average molecular weight is 475 g/mol. The van der Waals surface area contributed by atoms with Gasteiger partial charge in [0.15, 0.2) is 11.9 Å². The lowest BCUT2D eigenvalue weighted by Crippen LogP contribution is -2.27. The number of carboxylic acid groups (broad SMARTS) is 1. The maximum atomic E-state index is 12.6. The average Bonchev–Trinajstić information content (AvgIpc) is 2.72. The molecule has 0 saturated carbocycles. The predicted octanol–water partition coefficient (Wildman–Crippen LogP) is 6.93. The third-order valence-electron chi connectivity index (χ3n) is 4.35. The molecule has 0 radical (unpaired) electrons. The molecule has 0 heterocycles. The first kappa shape index (κ1) is 24.8. The Morgan fingerprint density at radius 3 is 2.29 bits per heavy atom. The number of carbonyl (C=O) groups excluding carboxylic acids is 1. The highest BCUT2D eigenvalue weighted by Crippen LogP contribution is 2.36. The summed E-state index contributed by atoms with van der Waals surface area (Å²) in [5, 5.41) is 9.32. The Morgan fingerprint density at radius 1 is 1.10 bits per heavy atom. The van der Waals surface area contributed by atoms with Gasteiger partial charge in [-0.15, -0.1) is 0 Å². The minimum atomic E-state index is -4.48. The number of carboxylic acids is 1. The fourth-order valence-corrected chi connectivity index (χ4v) is 3.06. The van der Waals surface area contributed by atoms with Gasteiger partial charge in [0.05, 0.1) is 10.6 Å². The maximum Gasteiger partial charge on any atom is 0.416 e. The van der Waals surface area contributed by atoms with Gasteiger partial charge in [-0.25, -0.2) is 4.79 Å². The number of ether oxygens (including phenoxy) is 1. The van der Waals surface area contributed by atoms with E-state index in [1.807, 2.05) is 6.92 Å². The number of halogens is 5. The summed E-state index contributed by atoms with van der Waals surface area (Å²) in [6.07, 6.45) is -1.26. The van der Waals surface area contributed by atoms with Crippen molar-refractivity contribution in [1.29, 1.82) is 0 Å². The molecule has 4 nitrogen and oxygen atoms in total. The van der Waals surface area contributed by atoms with Crippen LogP contribution in [-0.4, -0.2) is 23.0 Å². The van der Waals surface area contributed by atoms with E-state index in [1.165, 1.54) is 18.2 Å². The minimum absolute atomic E-state index is 0.00598. The molecule has 2 aromatic carbocycles. The van der Waals surface area contributed by atoms with Gasteiger partial charge in [-0.05, 0) is 54.8 Å². The first-order valence-corrected chi connectivity index (χ1v) is 10.1. The van der Waals surface area contributed by atoms with Crippen molar-refractivity contribution < 1.29 is 32.6 Å². The van der Waals surface area contributed by atoms with Gasteiger partial charge in [-0.1, -0.05) is 48.7 Å². The highest BCUT2D eigenvalue weighted by Gasteiger charge is 2.30. The summed E-state index contributed by atoms with van der Waals surface area (Å²) < 4.78 is 43.3. The molecule has 0 aliphatic rings. The summed E-state index contributed by atoms with van der Waals surface area (Å²) in [5.74, 6) is -1.54. The molecular formula is C22H19Cl2F3O4. The summed E-state index contributed by atoms with van der Waals surface area (Å²) in [6.45, 7) is 1.93. The van der Waals surface area contributed by atoms with Crippen molar-refractivity contribution in [1.82, 2.24) is 0 Å². The number of alkyl halides is 3. The molecule has 2 aromatic rings. The molecule has 166 valence electrons. The molecule has 0 aromatic heterocycles. The number of benzene rings is 2. The van der Waals surface area contributed by atoms with E-state index in [-0.39, 0.29) is 21.4 Å². The maximum absolute atomic E-state index is 12.6. The fourth-order valence-electron chi connectivity index (χ4n) is 2.63. The Balaban J connectivity index is 2.17. The van der Waals surface area contributed by atoms with Crippen LogP contribution in [0.3, 0.4) is 0 Å². The van der Waals surface area contributed by atoms with Crippen molar-refractivity contribution in [3.8, 4) is 5.75 Å². The van der Waals surface area contributed by atoms with Crippen LogP contribution in [0, 0.1) is 0 Å². The zero-order valence-corrected chi connectivity index (χ0v) is 17.9. The second kappa shape index (κ2) is 10.7. The first-order chi connectivity index (χ1) is 14.5. The van der Waals surface area contributed by atoms with Gasteiger partial charge in [0.2, 0.25) is 0 Å². The fraction of sp³-hybridized carbons (Fsp3) is 0.273. The molecule has 0 fully saturated rings. The van der Waals surface area contributed by atoms with Crippen LogP contribution in [0.15, 0.2) is 42.5 Å². The number of carbonyl (C=O) groups is 2. The van der Waals surface area contributed by atoms with Crippen molar-refractivity contribution in [2.75, 3.05) is 0 Å². The number of allylic oxidation sites excluding steroid dienone is 1. The molecule has 0 bridgehead atoms. The van der Waals surface area contributed by atoms with E-state index >= 15 is 0 Å². The van der Waals surface area contributed by atoms with Crippen molar-refractivity contribution in [2.24, 2.45) is 0 Å². The zero-order chi connectivity index (χ0) is 23.2. The summed E-state index contributed by atoms with van der Waals surface area (Å²) in [7, 11) is 0. The lowest BCUT2D eigenvalue weighted by molar-refractivity contribution is -0.145. The quantitative estimate of drug-likeness (QED) is 0.316. The van der Waals surface area contributed by atoms with Crippen molar-refractivity contribution in [3.05, 3.63) is 69.2 Å². The minimum Gasteiger partial charge on any atom is -0.479 e. The van der Waals surface area contributed by atoms with E-state index in [1.54, 1.807) is 0 Å². The predicted molar refractivity (Wildman–Crippen MR) is 113 cm³/mol. The van der Waals surface area contributed by atoms with Crippen LogP contribution in [-0.2, 0) is 11.0 Å². The van der Waals surface area contributed by atoms with Crippen LogP contribution in [0.5, 0.6) is 5.75 Å². The van der Waals surface area contributed by atoms with Gasteiger partial charge >= 0.3 is 12.1 Å². The summed E-state index contributed by atoms with van der Waals surface area (Å²) in [6, 6.07) is 6.77. The molecule has 2 rings (SSSR count). The van der Waals surface area contributed by atoms with E-state index in [0.29, 0.717) is 18.4 Å². The van der Waals surface area contributed by atoms with E-state index in [4.69, 9.17) is 27.9 Å². The smallest absolute Gasteiger partial charge is 0.416 e. The van der Waals surface area contributed by atoms with Gasteiger partial charge in [-0.2, -0.15) is 13.2 Å². The van der Waals surface area contributed by atoms with Gasteiger partial charge < -0.3 is 9.84 Å². The summed E-state index contributed by atoms with van der Waals surface area (Å²) in [5.41, 5.74) is -0.414. The molecule has 0 aliphatic heterocycles. The summed E-state index contributed by atoms with van der Waals surface area (Å²) >= 11 is 12.4. The number of rotatable bonds is 9. The Kier molecular flexibility index (Phi) is 8.53. The van der Waals surface area contributed by atoms with Crippen LogP contribution < -0.4 is 4.74 Å². The molecular weight excluding hydrogens is 456 g/mol.